The minimum atomic E-state index is -0.177. The van der Waals surface area contributed by atoms with E-state index in [4.69, 9.17) is 9.47 Å². The number of hydrogen-bond donors (Lipinski definition) is 0. The van der Waals surface area contributed by atoms with Crippen LogP contribution in [-0.2, 0) is 10.9 Å². The van der Waals surface area contributed by atoms with Crippen molar-refractivity contribution in [3.63, 3.8) is 0 Å². The summed E-state index contributed by atoms with van der Waals surface area (Å²) in [7, 11) is -0.177. The Hall–Kier alpha value is -2.39. The van der Waals surface area contributed by atoms with E-state index in [1.54, 1.807) is 0 Å². The van der Waals surface area contributed by atoms with Crippen molar-refractivity contribution in [1.29, 1.82) is 0 Å². The number of ether oxygens (including phenoxy) is 2. The third-order valence-corrected chi connectivity index (χ3v) is 12.9. The van der Waals surface area contributed by atoms with Gasteiger partial charge in [-0.3, -0.25) is 0 Å². The summed E-state index contributed by atoms with van der Waals surface area (Å²) in [5.74, 6) is 1.96. The van der Waals surface area contributed by atoms with Gasteiger partial charge in [-0.25, -0.2) is 0 Å². The van der Waals surface area contributed by atoms with Crippen LogP contribution in [0.1, 0.15) is 194 Å². The number of rotatable bonds is 35. The maximum absolute atomic E-state index is 6.17. The van der Waals surface area contributed by atoms with Gasteiger partial charge in [0.25, 0.3) is 0 Å². The Morgan fingerprint density at radius 2 is 0.566 bits per heavy atom. The third kappa shape index (κ3) is 21.9. The summed E-state index contributed by atoms with van der Waals surface area (Å²) in [6.07, 6.45) is 38.7. The highest BCUT2D eigenvalue weighted by molar-refractivity contribution is 7.97. The molecule has 0 saturated heterocycles. The Morgan fingerprint density at radius 1 is 0.302 bits per heavy atom. The highest BCUT2D eigenvalue weighted by Gasteiger charge is 2.28. The van der Waals surface area contributed by atoms with E-state index in [0.29, 0.717) is 0 Å². The van der Waals surface area contributed by atoms with E-state index >= 15 is 0 Å². The molecule has 296 valence electrons. The summed E-state index contributed by atoms with van der Waals surface area (Å²) in [5, 5.41) is 0. The molecular weight excluding hydrogens is 665 g/mol. The average molecular weight is 744 g/mol. The summed E-state index contributed by atoms with van der Waals surface area (Å²) in [4.78, 5) is 3.96. The molecule has 0 atom stereocenters. The van der Waals surface area contributed by atoms with Crippen molar-refractivity contribution in [2.75, 3.05) is 13.2 Å². The van der Waals surface area contributed by atoms with Crippen molar-refractivity contribution in [3.05, 3.63) is 78.9 Å². The van der Waals surface area contributed by atoms with E-state index in [0.717, 1.165) is 37.6 Å². The maximum atomic E-state index is 6.17. The largest absolute Gasteiger partial charge is 0.494 e. The van der Waals surface area contributed by atoms with Crippen LogP contribution in [0.25, 0.3) is 0 Å². The van der Waals surface area contributed by atoms with Gasteiger partial charge in [-0.1, -0.05) is 199 Å². The Labute approximate surface area is 331 Å². The van der Waals surface area contributed by atoms with E-state index in [2.05, 4.69) is 92.7 Å². The fourth-order valence-electron chi connectivity index (χ4n) is 7.28. The second-order valence-corrected chi connectivity index (χ2v) is 17.5. The molecule has 0 radical (unpaired) electrons. The molecule has 0 N–H and O–H groups in total. The molecule has 0 aliphatic carbocycles. The highest BCUT2D eigenvalue weighted by atomic mass is 32.2. The smallest absolute Gasteiger partial charge is 0.166 e. The van der Waals surface area contributed by atoms with Crippen LogP contribution < -0.4 is 9.47 Å². The molecule has 2 nitrogen and oxygen atoms in total. The van der Waals surface area contributed by atoms with Gasteiger partial charge in [0.05, 0.1) is 24.1 Å². The van der Waals surface area contributed by atoms with E-state index in [1.165, 1.54) is 182 Å². The fourth-order valence-corrected chi connectivity index (χ4v) is 9.34. The number of hydrogen-bond acceptors (Lipinski definition) is 2. The quantitative estimate of drug-likeness (QED) is 0.0441. The first-order valence-electron chi connectivity index (χ1n) is 22.6. The molecule has 0 saturated carbocycles. The Morgan fingerprint density at radius 3 is 0.868 bits per heavy atom. The van der Waals surface area contributed by atoms with Crippen LogP contribution >= 0.6 is 0 Å². The van der Waals surface area contributed by atoms with Crippen LogP contribution in [-0.4, -0.2) is 13.2 Å². The lowest BCUT2D eigenvalue weighted by Gasteiger charge is -2.11. The van der Waals surface area contributed by atoms with Crippen molar-refractivity contribution in [1.82, 2.24) is 0 Å². The normalized spacial score (nSPS) is 11.4. The molecule has 0 aliphatic rings. The van der Waals surface area contributed by atoms with E-state index in [9.17, 15) is 0 Å². The maximum Gasteiger partial charge on any atom is 0.166 e. The summed E-state index contributed by atoms with van der Waals surface area (Å²) in [6.45, 7) is 6.21. The first kappa shape index (κ1) is 45.0. The van der Waals surface area contributed by atoms with Gasteiger partial charge in [0.1, 0.15) is 11.5 Å². The predicted molar refractivity (Wildman–Crippen MR) is 233 cm³/mol. The minimum Gasteiger partial charge on any atom is -0.494 e. The molecular formula is C50H79O2S+. The topological polar surface area (TPSA) is 18.5 Å². The van der Waals surface area contributed by atoms with Gasteiger partial charge in [0.2, 0.25) is 0 Å². The molecule has 0 aromatic heterocycles. The van der Waals surface area contributed by atoms with Gasteiger partial charge in [-0.05, 0) is 73.5 Å². The lowest BCUT2D eigenvalue weighted by atomic mass is 10.0. The molecule has 0 fully saturated rings. The van der Waals surface area contributed by atoms with Crippen LogP contribution in [0.4, 0.5) is 0 Å². The standard InChI is InChI=1S/C50H79O2S/c1-3-5-7-9-11-13-15-17-19-21-23-25-27-32-44-51-46-36-40-49(41-37-46)53(48-34-30-29-31-35-48)50-42-38-47(39-43-50)52-45-33-28-26-24-22-20-18-16-14-12-10-8-6-4-2/h29-31,34-43H,3-28,32-33,44-45H2,1-2H3/q+1. The molecule has 3 rings (SSSR count). The van der Waals surface area contributed by atoms with Crippen LogP contribution in [0.3, 0.4) is 0 Å². The van der Waals surface area contributed by atoms with Crippen molar-refractivity contribution in [2.24, 2.45) is 0 Å². The molecule has 3 heteroatoms. The summed E-state index contributed by atoms with van der Waals surface area (Å²) >= 11 is 0. The van der Waals surface area contributed by atoms with E-state index in [-0.39, 0.29) is 10.9 Å². The van der Waals surface area contributed by atoms with Crippen LogP contribution in [0, 0.1) is 0 Å². The zero-order valence-electron chi connectivity index (χ0n) is 34.4. The molecule has 0 spiro atoms. The van der Waals surface area contributed by atoms with Gasteiger partial charge in [0, 0.05) is 0 Å². The Bertz CT molecular complexity index is 1130. The van der Waals surface area contributed by atoms with Gasteiger partial charge < -0.3 is 9.47 Å². The molecule has 0 amide bonds. The third-order valence-electron chi connectivity index (χ3n) is 10.6. The Kier molecular flexibility index (Phi) is 27.1. The van der Waals surface area contributed by atoms with Crippen LogP contribution in [0.15, 0.2) is 93.5 Å². The Balaban J connectivity index is 1.28. The van der Waals surface area contributed by atoms with Crippen molar-refractivity contribution in [2.45, 2.75) is 208 Å². The summed E-state index contributed by atoms with van der Waals surface area (Å²) in [6, 6.07) is 28.6. The lowest BCUT2D eigenvalue weighted by molar-refractivity contribution is 0.304. The number of unbranched alkanes of at least 4 members (excludes halogenated alkanes) is 26. The molecule has 0 heterocycles. The predicted octanol–water partition coefficient (Wildman–Crippen LogP) is 16.5. The minimum absolute atomic E-state index is 0.177. The summed E-state index contributed by atoms with van der Waals surface area (Å²) < 4.78 is 12.3. The van der Waals surface area contributed by atoms with Crippen LogP contribution in [0.5, 0.6) is 11.5 Å². The van der Waals surface area contributed by atoms with E-state index < -0.39 is 0 Å². The summed E-state index contributed by atoms with van der Waals surface area (Å²) in [5.41, 5.74) is 0. The first-order chi connectivity index (χ1) is 26.3. The molecule has 0 aliphatic heterocycles. The van der Waals surface area contributed by atoms with Crippen LogP contribution in [0.2, 0.25) is 0 Å². The second-order valence-electron chi connectivity index (χ2n) is 15.5. The highest BCUT2D eigenvalue weighted by Crippen LogP contribution is 2.33. The van der Waals surface area contributed by atoms with Gasteiger partial charge in [-0.15, -0.1) is 0 Å². The van der Waals surface area contributed by atoms with Crippen molar-refractivity contribution in [3.8, 4) is 11.5 Å². The van der Waals surface area contributed by atoms with E-state index in [1.807, 2.05) is 0 Å². The molecule has 3 aromatic rings. The molecule has 0 bridgehead atoms. The van der Waals surface area contributed by atoms with Crippen molar-refractivity contribution < 1.29 is 9.47 Å². The lowest BCUT2D eigenvalue weighted by Crippen LogP contribution is -2.05. The van der Waals surface area contributed by atoms with Gasteiger partial charge in [0.15, 0.2) is 14.7 Å². The molecule has 0 unspecified atom stereocenters. The average Bonchev–Trinajstić information content (AvgIpc) is 3.19. The molecule has 53 heavy (non-hydrogen) atoms. The number of benzene rings is 3. The van der Waals surface area contributed by atoms with Gasteiger partial charge in [-0.2, -0.15) is 0 Å². The monoisotopic (exact) mass is 744 g/mol. The van der Waals surface area contributed by atoms with Crippen molar-refractivity contribution >= 4 is 10.9 Å². The zero-order chi connectivity index (χ0) is 37.3. The zero-order valence-corrected chi connectivity index (χ0v) is 35.3. The second kappa shape index (κ2) is 31.9. The molecule has 3 aromatic carbocycles. The fraction of sp³-hybridized carbons (Fsp3) is 0.640. The SMILES string of the molecule is CCCCCCCCCCCCCCCCOc1ccc([S+](c2ccccc2)c2ccc(OCCCCCCCCCCCCCCCC)cc2)cc1. The van der Waals surface area contributed by atoms with Gasteiger partial charge >= 0.3 is 0 Å². The first-order valence-corrected chi connectivity index (χ1v) is 23.8.